The van der Waals surface area contributed by atoms with Crippen LogP contribution in [0.25, 0.3) is 0 Å². The van der Waals surface area contributed by atoms with Gasteiger partial charge in [-0.05, 0) is 43.9 Å². The summed E-state index contributed by atoms with van der Waals surface area (Å²) in [5.74, 6) is -2.25. The van der Waals surface area contributed by atoms with E-state index in [0.717, 1.165) is 12.0 Å². The second-order valence-electron chi connectivity index (χ2n) is 6.35. The minimum Gasteiger partial charge on any atom is -0.498 e. The number of aryl methyl sites for hydroxylation is 1. The van der Waals surface area contributed by atoms with Gasteiger partial charge >= 0.3 is 0 Å². The molecular formula is C21H30F2O3. The molecule has 3 nitrogen and oxygen atoms in total. The van der Waals surface area contributed by atoms with Gasteiger partial charge in [0.05, 0.1) is 20.3 Å². The van der Waals surface area contributed by atoms with Gasteiger partial charge in [-0.25, -0.2) is 8.78 Å². The number of methoxy groups -OCH3 is 1. The standard InChI is InChI=1S/C21H30F2O3/c1-7-18-8-10-19(11-9-18)13-26-17(5)25-12-14(2)15(3)20(22)21(23)16(4)24-6/h8-11,14,17H,7,12-13H2,1-6H3/b20-15-,21-16-. The fourth-order valence-corrected chi connectivity index (χ4v) is 2.17. The van der Waals surface area contributed by atoms with Gasteiger partial charge in [0, 0.05) is 5.92 Å². The minimum atomic E-state index is -0.975. The molecule has 1 aromatic carbocycles. The first-order valence-corrected chi connectivity index (χ1v) is 8.88. The normalized spacial score (nSPS) is 15.8. The fraction of sp³-hybridized carbons (Fsp3) is 0.524. The van der Waals surface area contributed by atoms with Gasteiger partial charge in [-0.3, -0.25) is 0 Å². The third kappa shape index (κ3) is 6.89. The average Bonchev–Trinajstić information content (AvgIpc) is 2.68. The van der Waals surface area contributed by atoms with Gasteiger partial charge < -0.3 is 14.2 Å². The first kappa shape index (κ1) is 22.3. The first-order chi connectivity index (χ1) is 12.3. The quantitative estimate of drug-likeness (QED) is 0.294. The molecule has 0 amide bonds. The van der Waals surface area contributed by atoms with Crippen LogP contribution in [0.1, 0.15) is 45.7 Å². The lowest BCUT2D eigenvalue weighted by Gasteiger charge is -2.19. The Kier molecular flexibility index (Phi) is 9.52. The maximum absolute atomic E-state index is 14.1. The van der Waals surface area contributed by atoms with Crippen molar-refractivity contribution < 1.29 is 23.0 Å². The van der Waals surface area contributed by atoms with Gasteiger partial charge in [0.15, 0.2) is 17.9 Å². The number of ether oxygens (including phenoxy) is 3. The Bertz CT molecular complexity index is 621. The van der Waals surface area contributed by atoms with Crippen molar-refractivity contribution in [3.05, 3.63) is 58.4 Å². The van der Waals surface area contributed by atoms with Crippen LogP contribution in [0.5, 0.6) is 0 Å². The highest BCUT2D eigenvalue weighted by atomic mass is 19.2. The molecule has 0 bridgehead atoms. The van der Waals surface area contributed by atoms with Gasteiger partial charge in [-0.15, -0.1) is 0 Å². The molecule has 0 radical (unpaired) electrons. The van der Waals surface area contributed by atoms with E-state index >= 15 is 0 Å². The number of hydrogen-bond donors (Lipinski definition) is 0. The van der Waals surface area contributed by atoms with E-state index in [4.69, 9.17) is 14.2 Å². The number of halogens is 2. The summed E-state index contributed by atoms with van der Waals surface area (Å²) >= 11 is 0. The van der Waals surface area contributed by atoms with Gasteiger partial charge in [0.2, 0.25) is 0 Å². The molecule has 2 atom stereocenters. The van der Waals surface area contributed by atoms with Crippen molar-refractivity contribution in [1.29, 1.82) is 0 Å². The van der Waals surface area contributed by atoms with Crippen molar-refractivity contribution in [2.24, 2.45) is 5.92 Å². The SMILES string of the molecule is CCc1ccc(COC(C)OCC(C)/C(C)=C(F)/C(F)=C(\C)OC)cc1. The molecular weight excluding hydrogens is 338 g/mol. The van der Waals surface area contributed by atoms with E-state index in [1.165, 1.54) is 19.6 Å². The summed E-state index contributed by atoms with van der Waals surface area (Å²) in [5, 5.41) is 0. The van der Waals surface area contributed by atoms with Crippen LogP contribution in [0.4, 0.5) is 8.78 Å². The Morgan fingerprint density at radius 2 is 1.54 bits per heavy atom. The van der Waals surface area contributed by atoms with Crippen molar-refractivity contribution in [1.82, 2.24) is 0 Å². The Morgan fingerprint density at radius 3 is 2.08 bits per heavy atom. The molecule has 2 unspecified atom stereocenters. The van der Waals surface area contributed by atoms with Crippen LogP contribution in [0.2, 0.25) is 0 Å². The predicted molar refractivity (Wildman–Crippen MR) is 99.8 cm³/mol. The molecule has 0 saturated carbocycles. The molecule has 26 heavy (non-hydrogen) atoms. The summed E-state index contributed by atoms with van der Waals surface area (Å²) in [4.78, 5) is 0. The average molecular weight is 368 g/mol. The van der Waals surface area contributed by atoms with E-state index in [9.17, 15) is 8.78 Å². The Morgan fingerprint density at radius 1 is 0.962 bits per heavy atom. The first-order valence-electron chi connectivity index (χ1n) is 8.88. The monoisotopic (exact) mass is 368 g/mol. The zero-order chi connectivity index (χ0) is 19.7. The van der Waals surface area contributed by atoms with E-state index < -0.39 is 17.9 Å². The highest BCUT2D eigenvalue weighted by molar-refractivity contribution is 5.27. The lowest BCUT2D eigenvalue weighted by Crippen LogP contribution is -2.18. The topological polar surface area (TPSA) is 27.7 Å². The van der Waals surface area contributed by atoms with Crippen LogP contribution in [0.15, 0.2) is 47.3 Å². The molecule has 0 saturated heterocycles. The second-order valence-corrected chi connectivity index (χ2v) is 6.35. The van der Waals surface area contributed by atoms with Crippen molar-refractivity contribution in [3.8, 4) is 0 Å². The van der Waals surface area contributed by atoms with Crippen molar-refractivity contribution >= 4 is 0 Å². The lowest BCUT2D eigenvalue weighted by atomic mass is 10.0. The molecule has 0 heterocycles. The van der Waals surface area contributed by atoms with Crippen LogP contribution >= 0.6 is 0 Å². The van der Waals surface area contributed by atoms with E-state index in [1.54, 1.807) is 20.8 Å². The van der Waals surface area contributed by atoms with E-state index in [1.807, 2.05) is 12.1 Å². The largest absolute Gasteiger partial charge is 0.498 e. The summed E-state index contributed by atoms with van der Waals surface area (Å²) in [6.45, 7) is 9.28. The van der Waals surface area contributed by atoms with Gasteiger partial charge in [-0.1, -0.05) is 38.1 Å². The van der Waals surface area contributed by atoms with Crippen LogP contribution < -0.4 is 0 Å². The van der Waals surface area contributed by atoms with Crippen molar-refractivity contribution in [2.45, 2.75) is 53.9 Å². The summed E-state index contributed by atoms with van der Waals surface area (Å²) < 4.78 is 43.9. The molecule has 0 N–H and O–H groups in total. The number of allylic oxidation sites excluding steroid dienone is 3. The molecule has 5 heteroatoms. The Balaban J connectivity index is 2.51. The number of rotatable bonds is 10. The minimum absolute atomic E-state index is 0.0826. The van der Waals surface area contributed by atoms with Crippen LogP contribution in [0, 0.1) is 5.92 Å². The molecule has 0 aromatic heterocycles. The molecule has 1 rings (SSSR count). The maximum Gasteiger partial charge on any atom is 0.195 e. The fourth-order valence-electron chi connectivity index (χ4n) is 2.17. The van der Waals surface area contributed by atoms with Crippen molar-refractivity contribution in [2.75, 3.05) is 13.7 Å². The van der Waals surface area contributed by atoms with Gasteiger partial charge in [-0.2, -0.15) is 0 Å². The van der Waals surface area contributed by atoms with E-state index in [0.29, 0.717) is 6.61 Å². The Hall–Kier alpha value is -1.72. The zero-order valence-electron chi connectivity index (χ0n) is 16.6. The van der Waals surface area contributed by atoms with E-state index in [2.05, 4.69) is 19.1 Å². The van der Waals surface area contributed by atoms with Gasteiger partial charge in [0.1, 0.15) is 5.76 Å². The second kappa shape index (κ2) is 11.1. The molecule has 146 valence electrons. The lowest BCUT2D eigenvalue weighted by molar-refractivity contribution is -0.142. The molecule has 0 aliphatic rings. The maximum atomic E-state index is 14.1. The predicted octanol–water partition coefficient (Wildman–Crippen LogP) is 5.86. The highest BCUT2D eigenvalue weighted by Gasteiger charge is 2.17. The summed E-state index contributed by atoms with van der Waals surface area (Å²) in [5.41, 5.74) is 2.62. The summed E-state index contributed by atoms with van der Waals surface area (Å²) in [7, 11) is 1.30. The summed E-state index contributed by atoms with van der Waals surface area (Å²) in [6.07, 6.45) is 0.557. The highest BCUT2D eigenvalue weighted by Crippen LogP contribution is 2.26. The molecule has 0 aliphatic carbocycles. The third-order valence-corrected chi connectivity index (χ3v) is 4.39. The van der Waals surface area contributed by atoms with Crippen LogP contribution in [-0.4, -0.2) is 20.0 Å². The van der Waals surface area contributed by atoms with Gasteiger partial charge in [0.25, 0.3) is 0 Å². The number of hydrogen-bond acceptors (Lipinski definition) is 3. The molecule has 1 aromatic rings. The number of benzene rings is 1. The van der Waals surface area contributed by atoms with Crippen molar-refractivity contribution in [3.63, 3.8) is 0 Å². The zero-order valence-corrected chi connectivity index (χ0v) is 16.6. The molecule has 0 fully saturated rings. The summed E-state index contributed by atoms with van der Waals surface area (Å²) in [6, 6.07) is 8.22. The van der Waals surface area contributed by atoms with E-state index in [-0.39, 0.29) is 23.9 Å². The smallest absolute Gasteiger partial charge is 0.195 e. The molecule has 0 spiro atoms. The third-order valence-electron chi connectivity index (χ3n) is 4.39. The molecule has 0 aliphatic heterocycles. The van der Waals surface area contributed by atoms with Crippen LogP contribution in [0.3, 0.4) is 0 Å². The Labute approximate surface area is 155 Å². The van der Waals surface area contributed by atoms with Crippen LogP contribution in [-0.2, 0) is 27.2 Å².